The van der Waals surface area contributed by atoms with Crippen LogP contribution in [0.1, 0.15) is 12.5 Å². The van der Waals surface area contributed by atoms with Crippen molar-refractivity contribution in [1.82, 2.24) is 29.7 Å². The molecule has 0 saturated carbocycles. The van der Waals surface area contributed by atoms with E-state index in [0.717, 1.165) is 26.2 Å². The Morgan fingerprint density at radius 3 is 2.71 bits per heavy atom. The largest absolute Gasteiger partial charge is 0.299 e. The minimum atomic E-state index is 0.524. The van der Waals surface area contributed by atoms with Gasteiger partial charge in [-0.3, -0.25) is 9.58 Å². The Morgan fingerprint density at radius 2 is 1.94 bits per heavy atom. The molecule has 0 radical (unpaired) electrons. The molecule has 2 aromatic heterocycles. The van der Waals surface area contributed by atoms with E-state index in [4.69, 9.17) is 0 Å². The number of aromatic nitrogens is 5. The Kier molecular flexibility index (Phi) is 2.87. The van der Waals surface area contributed by atoms with Crippen LogP contribution in [0.15, 0.2) is 30.9 Å². The fourth-order valence-electron chi connectivity index (χ4n) is 2.32. The van der Waals surface area contributed by atoms with Crippen LogP contribution in [0, 0.1) is 0 Å². The van der Waals surface area contributed by atoms with Gasteiger partial charge in [0.05, 0.1) is 25.0 Å². The lowest BCUT2D eigenvalue weighted by Gasteiger charge is -2.15. The SMILES string of the molecule is c1cnn(C2CCN(CCn3nccn3)C2)c1. The standard InChI is InChI=1S/C11H16N6/c1-3-12-16(6-1)11-2-7-15(10-11)8-9-17-13-4-5-14-17/h1,3-6,11H,2,7-10H2. The second kappa shape index (κ2) is 4.67. The van der Waals surface area contributed by atoms with Crippen molar-refractivity contribution < 1.29 is 0 Å². The van der Waals surface area contributed by atoms with E-state index in [2.05, 4.69) is 24.9 Å². The summed E-state index contributed by atoms with van der Waals surface area (Å²) in [6, 6.07) is 2.51. The molecule has 1 fully saturated rings. The van der Waals surface area contributed by atoms with Crippen LogP contribution in [0.25, 0.3) is 0 Å². The second-order valence-electron chi connectivity index (χ2n) is 4.35. The number of hydrogen-bond acceptors (Lipinski definition) is 4. The zero-order valence-corrected chi connectivity index (χ0v) is 9.68. The highest BCUT2D eigenvalue weighted by molar-refractivity contribution is 4.86. The van der Waals surface area contributed by atoms with Crippen molar-refractivity contribution in [3.8, 4) is 0 Å². The van der Waals surface area contributed by atoms with Gasteiger partial charge >= 0.3 is 0 Å². The zero-order chi connectivity index (χ0) is 11.5. The summed E-state index contributed by atoms with van der Waals surface area (Å²) in [5.41, 5.74) is 0. The van der Waals surface area contributed by atoms with Gasteiger partial charge in [0.15, 0.2) is 0 Å². The van der Waals surface area contributed by atoms with Gasteiger partial charge < -0.3 is 0 Å². The van der Waals surface area contributed by atoms with E-state index >= 15 is 0 Å². The first-order valence-corrected chi connectivity index (χ1v) is 5.97. The van der Waals surface area contributed by atoms with Gasteiger partial charge in [0.25, 0.3) is 0 Å². The molecule has 1 saturated heterocycles. The van der Waals surface area contributed by atoms with Crippen LogP contribution in [0.5, 0.6) is 0 Å². The number of hydrogen-bond donors (Lipinski definition) is 0. The quantitative estimate of drug-likeness (QED) is 0.766. The molecule has 3 rings (SSSR count). The van der Waals surface area contributed by atoms with Gasteiger partial charge in [-0.2, -0.15) is 20.1 Å². The molecule has 0 N–H and O–H groups in total. The minimum Gasteiger partial charge on any atom is -0.299 e. The average Bonchev–Trinajstić information content (AvgIpc) is 3.09. The van der Waals surface area contributed by atoms with Crippen molar-refractivity contribution in [2.24, 2.45) is 0 Å². The molecule has 0 spiro atoms. The maximum absolute atomic E-state index is 4.30. The molecule has 6 heteroatoms. The van der Waals surface area contributed by atoms with Crippen LogP contribution in [-0.4, -0.2) is 49.3 Å². The van der Waals surface area contributed by atoms with E-state index in [1.165, 1.54) is 6.42 Å². The molecule has 0 bridgehead atoms. The number of likely N-dealkylation sites (tertiary alicyclic amines) is 1. The molecule has 3 heterocycles. The molecule has 1 atom stereocenters. The van der Waals surface area contributed by atoms with Crippen LogP contribution in [0.4, 0.5) is 0 Å². The van der Waals surface area contributed by atoms with Crippen molar-refractivity contribution in [2.75, 3.05) is 19.6 Å². The molecular formula is C11H16N6. The van der Waals surface area contributed by atoms with E-state index in [0.29, 0.717) is 6.04 Å². The molecule has 0 aromatic carbocycles. The van der Waals surface area contributed by atoms with E-state index in [1.54, 1.807) is 17.2 Å². The highest BCUT2D eigenvalue weighted by atomic mass is 15.5. The monoisotopic (exact) mass is 232 g/mol. The topological polar surface area (TPSA) is 51.8 Å². The smallest absolute Gasteiger partial charge is 0.0734 e. The lowest BCUT2D eigenvalue weighted by Crippen LogP contribution is -2.26. The molecule has 1 aliphatic heterocycles. The summed E-state index contributed by atoms with van der Waals surface area (Å²) in [5.74, 6) is 0. The lowest BCUT2D eigenvalue weighted by atomic mass is 10.3. The normalized spacial score (nSPS) is 21.1. The van der Waals surface area contributed by atoms with Crippen LogP contribution < -0.4 is 0 Å². The number of rotatable bonds is 4. The molecule has 17 heavy (non-hydrogen) atoms. The zero-order valence-electron chi connectivity index (χ0n) is 9.68. The number of nitrogens with zero attached hydrogens (tertiary/aromatic N) is 6. The first kappa shape index (κ1) is 10.5. The van der Waals surface area contributed by atoms with Gasteiger partial charge in [0, 0.05) is 32.0 Å². The third kappa shape index (κ3) is 2.36. The highest BCUT2D eigenvalue weighted by Gasteiger charge is 2.23. The van der Waals surface area contributed by atoms with Crippen molar-refractivity contribution in [1.29, 1.82) is 0 Å². The third-order valence-corrected chi connectivity index (χ3v) is 3.23. The molecule has 1 unspecified atom stereocenters. The molecule has 0 amide bonds. The maximum atomic E-state index is 4.30. The summed E-state index contributed by atoms with van der Waals surface area (Å²) < 4.78 is 2.06. The molecule has 2 aromatic rings. The van der Waals surface area contributed by atoms with E-state index in [9.17, 15) is 0 Å². The Labute approximate surface area is 99.8 Å². The van der Waals surface area contributed by atoms with Gasteiger partial charge in [0.2, 0.25) is 0 Å². The Balaban J connectivity index is 1.51. The predicted molar refractivity (Wildman–Crippen MR) is 62.3 cm³/mol. The van der Waals surface area contributed by atoms with Crippen molar-refractivity contribution in [3.05, 3.63) is 30.9 Å². The van der Waals surface area contributed by atoms with Gasteiger partial charge in [-0.15, -0.1) is 0 Å². The van der Waals surface area contributed by atoms with E-state index in [-0.39, 0.29) is 0 Å². The summed E-state index contributed by atoms with van der Waals surface area (Å²) in [7, 11) is 0. The summed E-state index contributed by atoms with van der Waals surface area (Å²) in [6.07, 6.45) is 8.50. The molecule has 1 aliphatic rings. The van der Waals surface area contributed by atoms with Crippen LogP contribution in [0.3, 0.4) is 0 Å². The third-order valence-electron chi connectivity index (χ3n) is 3.23. The molecule has 6 nitrogen and oxygen atoms in total. The van der Waals surface area contributed by atoms with Crippen molar-refractivity contribution in [3.63, 3.8) is 0 Å². The first-order chi connectivity index (χ1) is 8.42. The fourth-order valence-corrected chi connectivity index (χ4v) is 2.32. The molecular weight excluding hydrogens is 216 g/mol. The van der Waals surface area contributed by atoms with E-state index in [1.807, 2.05) is 18.5 Å². The predicted octanol–water partition coefficient (Wildman–Crippen LogP) is 0.422. The van der Waals surface area contributed by atoms with Crippen molar-refractivity contribution >= 4 is 0 Å². The summed E-state index contributed by atoms with van der Waals surface area (Å²) >= 11 is 0. The molecule has 0 aliphatic carbocycles. The van der Waals surface area contributed by atoms with Gasteiger partial charge in [-0.1, -0.05) is 0 Å². The molecule has 90 valence electrons. The summed E-state index contributed by atoms with van der Waals surface area (Å²) in [5, 5.41) is 12.5. The Morgan fingerprint density at radius 1 is 1.06 bits per heavy atom. The van der Waals surface area contributed by atoms with Crippen LogP contribution in [0.2, 0.25) is 0 Å². The van der Waals surface area contributed by atoms with Crippen LogP contribution >= 0.6 is 0 Å². The second-order valence-corrected chi connectivity index (χ2v) is 4.35. The van der Waals surface area contributed by atoms with E-state index < -0.39 is 0 Å². The minimum absolute atomic E-state index is 0.524. The van der Waals surface area contributed by atoms with Gasteiger partial charge in [-0.25, -0.2) is 0 Å². The summed E-state index contributed by atoms with van der Waals surface area (Å²) in [4.78, 5) is 4.18. The average molecular weight is 232 g/mol. The summed E-state index contributed by atoms with van der Waals surface area (Å²) in [6.45, 7) is 4.07. The lowest BCUT2D eigenvalue weighted by molar-refractivity contribution is 0.292. The first-order valence-electron chi connectivity index (χ1n) is 5.97. The Bertz CT molecular complexity index is 434. The fraction of sp³-hybridized carbons (Fsp3) is 0.545. The van der Waals surface area contributed by atoms with Crippen molar-refractivity contribution in [2.45, 2.75) is 19.0 Å². The highest BCUT2D eigenvalue weighted by Crippen LogP contribution is 2.19. The van der Waals surface area contributed by atoms with Crippen LogP contribution in [-0.2, 0) is 6.54 Å². The van der Waals surface area contributed by atoms with Gasteiger partial charge in [0.1, 0.15) is 0 Å². The maximum Gasteiger partial charge on any atom is 0.0734 e. The Hall–Kier alpha value is -1.69. The van der Waals surface area contributed by atoms with Gasteiger partial charge in [-0.05, 0) is 12.5 Å².